The van der Waals surface area contributed by atoms with Crippen molar-refractivity contribution in [1.82, 2.24) is 10.3 Å². The second kappa shape index (κ2) is 5.14. The number of aromatic nitrogens is 1. The zero-order valence-corrected chi connectivity index (χ0v) is 9.79. The maximum atomic E-state index is 5.82. The number of hydrogen-bond acceptors (Lipinski definition) is 3. The van der Waals surface area contributed by atoms with Crippen molar-refractivity contribution < 1.29 is 4.42 Å². The lowest BCUT2D eigenvalue weighted by atomic mass is 10.2. The third-order valence-electron chi connectivity index (χ3n) is 2.27. The molecule has 0 unspecified atom stereocenters. The van der Waals surface area contributed by atoms with Gasteiger partial charge in [0.1, 0.15) is 0 Å². The minimum Gasteiger partial charge on any atom is -0.441 e. The van der Waals surface area contributed by atoms with Gasteiger partial charge in [0, 0.05) is 23.6 Å². The van der Waals surface area contributed by atoms with Crippen LogP contribution in [0.5, 0.6) is 0 Å². The van der Waals surface area contributed by atoms with Gasteiger partial charge in [-0.2, -0.15) is 0 Å². The van der Waals surface area contributed by atoms with E-state index in [1.807, 2.05) is 31.3 Å². The zero-order chi connectivity index (χ0) is 11.4. The fourth-order valence-corrected chi connectivity index (χ4v) is 1.53. The van der Waals surface area contributed by atoms with Crippen LogP contribution in [-0.4, -0.2) is 18.6 Å². The van der Waals surface area contributed by atoms with E-state index in [1.54, 1.807) is 6.20 Å². The zero-order valence-electron chi connectivity index (χ0n) is 9.03. The fraction of sp³-hybridized carbons (Fsp3) is 0.250. The molecule has 3 nitrogen and oxygen atoms in total. The number of hydrogen-bond donors (Lipinski definition) is 1. The monoisotopic (exact) mass is 236 g/mol. The number of halogens is 1. The molecular weight excluding hydrogens is 224 g/mol. The van der Waals surface area contributed by atoms with Gasteiger partial charge in [-0.15, -0.1) is 0 Å². The van der Waals surface area contributed by atoms with Gasteiger partial charge in [-0.1, -0.05) is 11.6 Å². The highest BCUT2D eigenvalue weighted by Crippen LogP contribution is 2.22. The number of nitrogens with zero attached hydrogens (tertiary/aromatic N) is 1. The highest BCUT2D eigenvalue weighted by atomic mass is 35.5. The maximum absolute atomic E-state index is 5.82. The smallest absolute Gasteiger partial charge is 0.196 e. The number of oxazole rings is 1. The van der Waals surface area contributed by atoms with Gasteiger partial charge < -0.3 is 9.73 Å². The van der Waals surface area contributed by atoms with Crippen LogP contribution in [0.1, 0.15) is 5.89 Å². The van der Waals surface area contributed by atoms with Gasteiger partial charge in [-0.25, -0.2) is 4.98 Å². The Morgan fingerprint density at radius 2 is 2.06 bits per heavy atom. The van der Waals surface area contributed by atoms with Gasteiger partial charge in [0.25, 0.3) is 0 Å². The lowest BCUT2D eigenvalue weighted by molar-refractivity contribution is 0.501. The Labute approximate surface area is 99.5 Å². The molecule has 0 aliphatic carbocycles. The molecule has 0 fully saturated rings. The Hall–Kier alpha value is -1.32. The van der Waals surface area contributed by atoms with Crippen molar-refractivity contribution in [3.63, 3.8) is 0 Å². The number of nitrogens with one attached hydrogen (secondary N) is 1. The van der Waals surface area contributed by atoms with Crippen LogP contribution in [0.25, 0.3) is 11.3 Å². The summed E-state index contributed by atoms with van der Waals surface area (Å²) in [4.78, 5) is 4.21. The van der Waals surface area contributed by atoms with E-state index in [4.69, 9.17) is 16.0 Å². The first-order chi connectivity index (χ1) is 7.79. The van der Waals surface area contributed by atoms with E-state index >= 15 is 0 Å². The predicted molar refractivity (Wildman–Crippen MR) is 64.6 cm³/mol. The fourth-order valence-electron chi connectivity index (χ4n) is 1.41. The van der Waals surface area contributed by atoms with E-state index < -0.39 is 0 Å². The quantitative estimate of drug-likeness (QED) is 0.887. The van der Waals surface area contributed by atoms with E-state index in [9.17, 15) is 0 Å². The molecule has 0 aliphatic heterocycles. The SMILES string of the molecule is CNCCc1ncc(-c2ccc(Cl)cc2)o1. The van der Waals surface area contributed by atoms with Crippen molar-refractivity contribution in [3.05, 3.63) is 41.4 Å². The van der Waals surface area contributed by atoms with E-state index in [-0.39, 0.29) is 0 Å². The highest BCUT2D eigenvalue weighted by Gasteiger charge is 2.05. The molecule has 1 heterocycles. The van der Waals surface area contributed by atoms with Gasteiger partial charge in [-0.05, 0) is 31.3 Å². The molecule has 84 valence electrons. The Morgan fingerprint density at radius 3 is 2.75 bits per heavy atom. The van der Waals surface area contributed by atoms with E-state index in [0.29, 0.717) is 0 Å². The largest absolute Gasteiger partial charge is 0.441 e. The summed E-state index contributed by atoms with van der Waals surface area (Å²) in [7, 11) is 1.91. The summed E-state index contributed by atoms with van der Waals surface area (Å²) in [6.07, 6.45) is 2.54. The molecule has 0 atom stereocenters. The molecule has 0 saturated heterocycles. The van der Waals surface area contributed by atoms with Crippen molar-refractivity contribution in [3.8, 4) is 11.3 Å². The molecule has 2 aromatic rings. The lowest BCUT2D eigenvalue weighted by Gasteiger charge is -1.96. The summed E-state index contributed by atoms with van der Waals surface area (Å²) in [6, 6.07) is 7.52. The summed E-state index contributed by atoms with van der Waals surface area (Å²) < 4.78 is 5.62. The number of benzene rings is 1. The number of rotatable bonds is 4. The van der Waals surface area contributed by atoms with Gasteiger partial charge >= 0.3 is 0 Å². The van der Waals surface area contributed by atoms with E-state index in [0.717, 1.165) is 35.2 Å². The molecule has 2 rings (SSSR count). The second-order valence-electron chi connectivity index (χ2n) is 3.48. The topological polar surface area (TPSA) is 38.1 Å². The van der Waals surface area contributed by atoms with E-state index in [2.05, 4.69) is 10.3 Å². The standard InChI is InChI=1S/C12H13ClN2O/c1-14-7-6-12-15-8-11(16-12)9-2-4-10(13)5-3-9/h2-5,8,14H,6-7H2,1H3. The van der Waals surface area contributed by atoms with Crippen LogP contribution >= 0.6 is 11.6 Å². The minimum atomic E-state index is 0.721. The molecule has 0 radical (unpaired) electrons. The maximum Gasteiger partial charge on any atom is 0.196 e. The van der Waals surface area contributed by atoms with Crippen molar-refractivity contribution in [2.75, 3.05) is 13.6 Å². The molecule has 16 heavy (non-hydrogen) atoms. The first-order valence-corrected chi connectivity index (χ1v) is 5.52. The third-order valence-corrected chi connectivity index (χ3v) is 2.52. The summed E-state index contributed by atoms with van der Waals surface area (Å²) >= 11 is 5.82. The van der Waals surface area contributed by atoms with Gasteiger partial charge in [-0.3, -0.25) is 0 Å². The van der Waals surface area contributed by atoms with Crippen LogP contribution in [0, 0.1) is 0 Å². The molecule has 4 heteroatoms. The highest BCUT2D eigenvalue weighted by molar-refractivity contribution is 6.30. The van der Waals surface area contributed by atoms with Crippen LogP contribution in [0.4, 0.5) is 0 Å². The van der Waals surface area contributed by atoms with Crippen LogP contribution in [0.15, 0.2) is 34.9 Å². The Balaban J connectivity index is 2.15. The van der Waals surface area contributed by atoms with Gasteiger partial charge in [0.05, 0.1) is 6.20 Å². The van der Waals surface area contributed by atoms with Crippen LogP contribution in [0.3, 0.4) is 0 Å². The first kappa shape index (κ1) is 11.2. The van der Waals surface area contributed by atoms with Crippen molar-refractivity contribution in [2.45, 2.75) is 6.42 Å². The molecule has 0 spiro atoms. The Morgan fingerprint density at radius 1 is 1.31 bits per heavy atom. The molecule has 1 aromatic carbocycles. The molecule has 0 aliphatic rings. The molecular formula is C12H13ClN2O. The second-order valence-corrected chi connectivity index (χ2v) is 3.92. The Bertz CT molecular complexity index is 450. The predicted octanol–water partition coefficient (Wildman–Crippen LogP) is 2.76. The van der Waals surface area contributed by atoms with Crippen LogP contribution in [-0.2, 0) is 6.42 Å². The molecule has 1 aromatic heterocycles. The van der Waals surface area contributed by atoms with Crippen molar-refractivity contribution in [1.29, 1.82) is 0 Å². The summed E-state index contributed by atoms with van der Waals surface area (Å²) in [5.74, 6) is 1.53. The lowest BCUT2D eigenvalue weighted by Crippen LogP contribution is -2.10. The average molecular weight is 237 g/mol. The first-order valence-electron chi connectivity index (χ1n) is 5.15. The number of likely N-dealkylation sites (N-methyl/N-ethyl adjacent to an activating group) is 1. The Kier molecular flexibility index (Phi) is 3.59. The molecule has 1 N–H and O–H groups in total. The minimum absolute atomic E-state index is 0.721. The van der Waals surface area contributed by atoms with Crippen LogP contribution in [0.2, 0.25) is 5.02 Å². The third kappa shape index (κ3) is 2.62. The molecule has 0 amide bonds. The summed E-state index contributed by atoms with van der Waals surface area (Å²) in [5.41, 5.74) is 0.993. The van der Waals surface area contributed by atoms with Crippen molar-refractivity contribution in [2.24, 2.45) is 0 Å². The van der Waals surface area contributed by atoms with Gasteiger partial charge in [0.15, 0.2) is 11.7 Å². The van der Waals surface area contributed by atoms with Crippen LogP contribution < -0.4 is 5.32 Å². The molecule has 0 saturated carbocycles. The van der Waals surface area contributed by atoms with E-state index in [1.165, 1.54) is 0 Å². The average Bonchev–Trinajstić information content (AvgIpc) is 2.76. The summed E-state index contributed by atoms with van der Waals surface area (Å²) in [5, 5.41) is 3.78. The van der Waals surface area contributed by atoms with Gasteiger partial charge in [0.2, 0.25) is 0 Å². The molecule has 0 bridgehead atoms. The normalized spacial score (nSPS) is 10.6. The summed E-state index contributed by atoms with van der Waals surface area (Å²) in [6.45, 7) is 0.862. The van der Waals surface area contributed by atoms with Crippen molar-refractivity contribution >= 4 is 11.6 Å².